The van der Waals surface area contributed by atoms with E-state index in [4.69, 9.17) is 4.74 Å². The molecule has 2 aromatic rings. The van der Waals surface area contributed by atoms with Gasteiger partial charge in [0.1, 0.15) is 0 Å². The number of Topliss-reactive ketones (excluding diaryl/α,β-unsaturated/α-hetero) is 1. The molecule has 2 heterocycles. The number of ketones is 1. The summed E-state index contributed by atoms with van der Waals surface area (Å²) in [6, 6.07) is 7.33. The number of thiophene rings is 1. The van der Waals surface area contributed by atoms with Gasteiger partial charge in [-0.05, 0) is 42.0 Å². The number of halogens is 3. The van der Waals surface area contributed by atoms with Crippen LogP contribution in [0, 0.1) is 0 Å². The highest BCUT2D eigenvalue weighted by Gasteiger charge is 2.30. The number of benzene rings is 1. The van der Waals surface area contributed by atoms with Crippen LogP contribution in [0.4, 0.5) is 13.2 Å². The fourth-order valence-corrected chi connectivity index (χ4v) is 3.89. The Morgan fingerprint density at radius 3 is 2.81 bits per heavy atom. The third-order valence-corrected chi connectivity index (χ3v) is 5.43. The zero-order valence-electron chi connectivity index (χ0n) is 14.4. The maximum Gasteiger partial charge on any atom is 0.416 e. The van der Waals surface area contributed by atoms with Gasteiger partial charge in [0, 0.05) is 19.6 Å². The average Bonchev–Trinajstić information content (AvgIpc) is 3.03. The van der Waals surface area contributed by atoms with Gasteiger partial charge in [0.05, 0.1) is 23.2 Å². The fraction of sp³-hybridized carbons (Fsp3) is 0.421. The monoisotopic (exact) mass is 383 g/mol. The first kappa shape index (κ1) is 19.1. The van der Waals surface area contributed by atoms with Crippen molar-refractivity contribution < 1.29 is 22.7 Å². The Balaban J connectivity index is 1.60. The smallest absolute Gasteiger partial charge is 0.375 e. The van der Waals surface area contributed by atoms with Crippen molar-refractivity contribution in [2.45, 2.75) is 32.2 Å². The molecule has 1 aliphatic heterocycles. The van der Waals surface area contributed by atoms with Gasteiger partial charge in [-0.3, -0.25) is 9.69 Å². The van der Waals surface area contributed by atoms with E-state index in [-0.39, 0.29) is 11.9 Å². The Bertz CT molecular complexity index is 772. The van der Waals surface area contributed by atoms with Gasteiger partial charge < -0.3 is 4.74 Å². The summed E-state index contributed by atoms with van der Waals surface area (Å²) in [5.74, 6) is 0.0608. The molecule has 1 aromatic heterocycles. The second kappa shape index (κ2) is 7.90. The van der Waals surface area contributed by atoms with Crippen molar-refractivity contribution in [2.75, 3.05) is 19.7 Å². The van der Waals surface area contributed by atoms with E-state index in [1.165, 1.54) is 23.5 Å². The highest BCUT2D eigenvalue weighted by molar-refractivity contribution is 7.12. The standard InChI is InChI=1S/C19H20F3NO2S/c1-13(24)18-9-15(12-26-18)10-23-5-6-25-17(11-23)8-14-3-2-4-16(7-14)19(20,21)22/h2-4,7,9,12,17H,5-6,8,10-11H2,1H3/t17-/m0/s1. The Labute approximate surface area is 154 Å². The van der Waals surface area contributed by atoms with Crippen LogP contribution < -0.4 is 0 Å². The molecule has 1 aromatic carbocycles. The van der Waals surface area contributed by atoms with Gasteiger partial charge in [-0.2, -0.15) is 13.2 Å². The Morgan fingerprint density at radius 2 is 2.12 bits per heavy atom. The minimum Gasteiger partial charge on any atom is -0.375 e. The lowest BCUT2D eigenvalue weighted by Crippen LogP contribution is -2.42. The van der Waals surface area contributed by atoms with Crippen LogP contribution in [0.15, 0.2) is 35.7 Å². The Kier molecular flexibility index (Phi) is 5.79. The zero-order valence-corrected chi connectivity index (χ0v) is 15.2. The molecule has 0 spiro atoms. The third kappa shape index (κ3) is 4.93. The molecule has 1 atom stereocenters. The molecule has 26 heavy (non-hydrogen) atoms. The molecule has 0 unspecified atom stereocenters. The van der Waals surface area contributed by atoms with E-state index >= 15 is 0 Å². The van der Waals surface area contributed by atoms with Crippen LogP contribution in [0.3, 0.4) is 0 Å². The van der Waals surface area contributed by atoms with Gasteiger partial charge in [-0.1, -0.05) is 18.2 Å². The van der Waals surface area contributed by atoms with E-state index in [0.29, 0.717) is 31.7 Å². The van der Waals surface area contributed by atoms with Crippen molar-refractivity contribution >= 4 is 17.1 Å². The summed E-state index contributed by atoms with van der Waals surface area (Å²) >= 11 is 1.44. The van der Waals surface area contributed by atoms with E-state index in [9.17, 15) is 18.0 Å². The summed E-state index contributed by atoms with van der Waals surface area (Å²) in [6.07, 6.45) is -4.02. The van der Waals surface area contributed by atoms with Crippen molar-refractivity contribution in [2.24, 2.45) is 0 Å². The maximum atomic E-state index is 12.8. The van der Waals surface area contributed by atoms with Crippen molar-refractivity contribution in [1.82, 2.24) is 4.90 Å². The van der Waals surface area contributed by atoms with Gasteiger partial charge >= 0.3 is 6.18 Å². The van der Waals surface area contributed by atoms with Crippen molar-refractivity contribution in [3.05, 3.63) is 57.3 Å². The minimum absolute atomic E-state index is 0.0608. The lowest BCUT2D eigenvalue weighted by atomic mass is 10.0. The number of carbonyl (C=O) groups is 1. The summed E-state index contributed by atoms with van der Waals surface area (Å²) in [5.41, 5.74) is 1.08. The third-order valence-electron chi connectivity index (χ3n) is 4.35. The number of hydrogen-bond donors (Lipinski definition) is 0. The lowest BCUT2D eigenvalue weighted by molar-refractivity contribution is -0.137. The molecule has 3 rings (SSSR count). The molecule has 0 radical (unpaired) electrons. The molecule has 1 aliphatic rings. The van der Waals surface area contributed by atoms with Crippen molar-refractivity contribution in [3.63, 3.8) is 0 Å². The normalized spacial score (nSPS) is 18.8. The largest absolute Gasteiger partial charge is 0.416 e. The number of morpholine rings is 1. The van der Waals surface area contributed by atoms with Gasteiger partial charge in [-0.25, -0.2) is 0 Å². The summed E-state index contributed by atoms with van der Waals surface area (Å²) in [4.78, 5) is 14.4. The molecule has 3 nitrogen and oxygen atoms in total. The number of alkyl halides is 3. The number of carbonyl (C=O) groups excluding carboxylic acids is 1. The van der Waals surface area contributed by atoms with Crippen molar-refractivity contribution in [3.8, 4) is 0 Å². The Hall–Kier alpha value is -1.70. The van der Waals surface area contributed by atoms with Gasteiger partial charge in [0.25, 0.3) is 0 Å². The summed E-state index contributed by atoms with van der Waals surface area (Å²) in [5, 5.41) is 1.98. The fourth-order valence-electron chi connectivity index (χ4n) is 3.09. The molecule has 0 bridgehead atoms. The molecule has 0 saturated carbocycles. The topological polar surface area (TPSA) is 29.5 Å². The summed E-state index contributed by atoms with van der Waals surface area (Å²) in [7, 11) is 0. The van der Waals surface area contributed by atoms with Crippen LogP contribution in [0.2, 0.25) is 0 Å². The van der Waals surface area contributed by atoms with E-state index in [1.807, 2.05) is 11.4 Å². The zero-order chi connectivity index (χ0) is 18.7. The molecule has 7 heteroatoms. The predicted octanol–water partition coefficient (Wildman–Crippen LogP) is 4.41. The molecular weight excluding hydrogens is 363 g/mol. The first-order valence-corrected chi connectivity index (χ1v) is 9.27. The number of nitrogens with zero attached hydrogens (tertiary/aromatic N) is 1. The SMILES string of the molecule is CC(=O)c1cc(CN2CCO[C@@H](Cc3cccc(C(F)(F)F)c3)C2)cs1. The van der Waals surface area contributed by atoms with E-state index < -0.39 is 11.7 Å². The summed E-state index contributed by atoms with van der Waals surface area (Å²) in [6.45, 7) is 4.24. The molecule has 1 saturated heterocycles. The van der Waals surface area contributed by atoms with Crippen LogP contribution in [0.5, 0.6) is 0 Å². The van der Waals surface area contributed by atoms with Crippen LogP contribution in [-0.2, 0) is 23.9 Å². The average molecular weight is 383 g/mol. The molecule has 0 N–H and O–H groups in total. The number of hydrogen-bond acceptors (Lipinski definition) is 4. The second-order valence-corrected chi connectivity index (χ2v) is 7.42. The van der Waals surface area contributed by atoms with Crippen LogP contribution in [0.1, 0.15) is 33.3 Å². The molecule has 0 aliphatic carbocycles. The number of rotatable bonds is 5. The van der Waals surface area contributed by atoms with Crippen LogP contribution in [0.25, 0.3) is 0 Å². The Morgan fingerprint density at radius 1 is 1.31 bits per heavy atom. The second-order valence-electron chi connectivity index (χ2n) is 6.51. The van der Waals surface area contributed by atoms with Crippen molar-refractivity contribution in [1.29, 1.82) is 0 Å². The highest BCUT2D eigenvalue weighted by atomic mass is 32.1. The van der Waals surface area contributed by atoms with E-state index in [1.54, 1.807) is 13.0 Å². The molecular formula is C19H20F3NO2S. The molecule has 1 fully saturated rings. The maximum absolute atomic E-state index is 12.8. The van der Waals surface area contributed by atoms with Gasteiger partial charge in [0.2, 0.25) is 0 Å². The van der Waals surface area contributed by atoms with E-state index in [2.05, 4.69) is 4.90 Å². The van der Waals surface area contributed by atoms with Crippen LogP contribution >= 0.6 is 11.3 Å². The summed E-state index contributed by atoms with van der Waals surface area (Å²) < 4.78 is 44.3. The van der Waals surface area contributed by atoms with Gasteiger partial charge in [0.15, 0.2) is 5.78 Å². The highest BCUT2D eigenvalue weighted by Crippen LogP contribution is 2.30. The predicted molar refractivity (Wildman–Crippen MR) is 94.5 cm³/mol. The first-order valence-electron chi connectivity index (χ1n) is 8.39. The quantitative estimate of drug-likeness (QED) is 0.716. The first-order chi connectivity index (χ1) is 12.3. The van der Waals surface area contributed by atoms with E-state index in [0.717, 1.165) is 23.1 Å². The van der Waals surface area contributed by atoms with Crippen LogP contribution in [-0.4, -0.2) is 36.5 Å². The minimum atomic E-state index is -4.33. The van der Waals surface area contributed by atoms with Gasteiger partial charge in [-0.15, -0.1) is 11.3 Å². The lowest BCUT2D eigenvalue weighted by Gasteiger charge is -2.33. The number of ether oxygens (including phenoxy) is 1. The molecule has 0 amide bonds. The molecule has 140 valence electrons.